The summed E-state index contributed by atoms with van der Waals surface area (Å²) in [7, 11) is -3.75. The molecule has 12 heteroatoms. The minimum atomic E-state index is -3.75. The number of amides is 1. The minimum Gasteiger partial charge on any atom is -0.384 e. The molecule has 1 atom stereocenters. The van der Waals surface area contributed by atoms with Gasteiger partial charge in [0.05, 0.1) is 32.9 Å². The van der Waals surface area contributed by atoms with Crippen molar-refractivity contribution in [3.05, 3.63) is 125 Å². The second-order valence-electron chi connectivity index (χ2n) is 10.6. The molecule has 6 aromatic rings. The van der Waals surface area contributed by atoms with Crippen LogP contribution < -0.4 is 16.2 Å². The van der Waals surface area contributed by atoms with Gasteiger partial charge < -0.3 is 21.0 Å². The van der Waals surface area contributed by atoms with E-state index in [1.54, 1.807) is 30.3 Å². The maximum absolute atomic E-state index is 13.0. The molecule has 0 bridgehead atoms. The highest BCUT2D eigenvalue weighted by molar-refractivity contribution is 7.89. The van der Waals surface area contributed by atoms with Crippen molar-refractivity contribution in [1.29, 1.82) is 5.41 Å². The van der Waals surface area contributed by atoms with E-state index in [0.717, 1.165) is 33.5 Å². The number of fused-ring (bicyclic) bond motifs is 2. The van der Waals surface area contributed by atoms with Crippen LogP contribution in [0.2, 0.25) is 0 Å². The molecular weight excluding hydrogens is 576 g/mol. The van der Waals surface area contributed by atoms with E-state index >= 15 is 0 Å². The Morgan fingerprint density at radius 2 is 1.52 bits per heavy atom. The molecule has 4 aromatic carbocycles. The molecule has 0 fully saturated rings. The van der Waals surface area contributed by atoms with E-state index in [4.69, 9.17) is 26.2 Å². The first-order chi connectivity index (χ1) is 21.1. The number of amidine groups is 1. The van der Waals surface area contributed by atoms with Gasteiger partial charge in [0.15, 0.2) is 0 Å². The number of nitrogens with zero attached hydrogens (tertiary/aromatic N) is 2. The number of primary sulfonamides is 1. The molecule has 8 N–H and O–H groups in total. The highest BCUT2D eigenvalue weighted by Crippen LogP contribution is 2.29. The largest absolute Gasteiger partial charge is 0.384 e. The maximum atomic E-state index is 13.0. The van der Waals surface area contributed by atoms with Gasteiger partial charge in [-0.15, -0.1) is 0 Å². The van der Waals surface area contributed by atoms with Gasteiger partial charge in [0.1, 0.15) is 17.5 Å². The van der Waals surface area contributed by atoms with Crippen LogP contribution in [0.4, 0.5) is 0 Å². The number of carbonyl (C=O) groups is 1. The Balaban J connectivity index is 1.23. The summed E-state index contributed by atoms with van der Waals surface area (Å²) < 4.78 is 23.0. The lowest BCUT2D eigenvalue weighted by atomic mass is 9.96. The summed E-state index contributed by atoms with van der Waals surface area (Å²) in [6.45, 7) is 0.376. The quantitative estimate of drug-likeness (QED) is 0.101. The number of hydrogen-bond donors (Lipinski definition) is 6. The van der Waals surface area contributed by atoms with Crippen LogP contribution in [0, 0.1) is 5.41 Å². The highest BCUT2D eigenvalue weighted by Gasteiger charge is 2.23. The molecular formula is C32H30N8O3S. The summed E-state index contributed by atoms with van der Waals surface area (Å²) in [5.41, 5.74) is 11.9. The van der Waals surface area contributed by atoms with Crippen LogP contribution in [0.1, 0.15) is 44.6 Å². The van der Waals surface area contributed by atoms with E-state index < -0.39 is 10.0 Å². The number of nitrogen functional groups attached to an aromatic ring is 1. The molecule has 0 aliphatic heterocycles. The number of sulfonamides is 1. The number of imidazole rings is 2. The zero-order valence-electron chi connectivity index (χ0n) is 23.5. The number of benzene rings is 4. The normalized spacial score (nSPS) is 12.4. The molecule has 44 heavy (non-hydrogen) atoms. The zero-order chi connectivity index (χ0) is 30.8. The fourth-order valence-electron chi connectivity index (χ4n) is 5.16. The van der Waals surface area contributed by atoms with E-state index in [2.05, 4.69) is 15.3 Å². The fourth-order valence-corrected chi connectivity index (χ4v) is 5.68. The number of aromatic amines is 2. The fraction of sp³-hybridized carbons (Fsp3) is 0.125. The molecule has 1 unspecified atom stereocenters. The number of hydrogen-bond acceptors (Lipinski definition) is 6. The molecule has 0 saturated heterocycles. The minimum absolute atomic E-state index is 0.0275. The first kappa shape index (κ1) is 28.8. The molecule has 0 aliphatic carbocycles. The van der Waals surface area contributed by atoms with Crippen LogP contribution in [0.15, 0.2) is 95.9 Å². The molecule has 0 aliphatic rings. The van der Waals surface area contributed by atoms with Crippen molar-refractivity contribution in [3.63, 3.8) is 0 Å². The number of H-pyrrole nitrogens is 2. The lowest BCUT2D eigenvalue weighted by Gasteiger charge is -2.13. The standard InChI is InChI=1S/C32H30N8O3S/c33-29(34)21-10-13-27-28(18-21)40-31(39-27)24(30-37-25-6-1-2-7-26(25)38-30)17-20-4-3-5-22(16-20)32(41)36-15-14-19-8-11-23(12-9-19)44(35,42)43/h1-13,16,18,24H,14-15,17H2,(H3,33,34)(H,36,41)(H,37,38)(H,39,40)(H2,35,42,43). The predicted octanol–water partition coefficient (Wildman–Crippen LogP) is 3.72. The number of rotatable bonds is 10. The monoisotopic (exact) mass is 606 g/mol. The molecule has 0 radical (unpaired) electrons. The maximum Gasteiger partial charge on any atom is 0.251 e. The van der Waals surface area contributed by atoms with Gasteiger partial charge in [-0.25, -0.2) is 23.5 Å². The third kappa shape index (κ3) is 6.21. The number of nitrogens with one attached hydrogen (secondary N) is 4. The summed E-state index contributed by atoms with van der Waals surface area (Å²) in [6, 6.07) is 27.0. The van der Waals surface area contributed by atoms with Crippen molar-refractivity contribution in [1.82, 2.24) is 25.3 Å². The number of aromatic nitrogens is 4. The molecule has 0 saturated carbocycles. The third-order valence-corrected chi connectivity index (χ3v) is 8.39. The highest BCUT2D eigenvalue weighted by atomic mass is 32.2. The number of nitrogens with two attached hydrogens (primary N) is 2. The molecule has 1 amide bonds. The van der Waals surface area contributed by atoms with E-state index in [1.165, 1.54) is 12.1 Å². The summed E-state index contributed by atoms with van der Waals surface area (Å²) in [5.74, 6) is 0.909. The predicted molar refractivity (Wildman–Crippen MR) is 169 cm³/mol. The van der Waals surface area contributed by atoms with E-state index in [9.17, 15) is 13.2 Å². The lowest BCUT2D eigenvalue weighted by molar-refractivity contribution is 0.0954. The Labute approximate surface area is 253 Å². The van der Waals surface area contributed by atoms with Gasteiger partial charge in [-0.1, -0.05) is 36.4 Å². The van der Waals surface area contributed by atoms with Crippen molar-refractivity contribution in [3.8, 4) is 0 Å². The molecule has 2 aromatic heterocycles. The smallest absolute Gasteiger partial charge is 0.251 e. The Kier molecular flexibility index (Phi) is 7.68. The van der Waals surface area contributed by atoms with Crippen molar-refractivity contribution in [2.24, 2.45) is 10.9 Å². The first-order valence-corrected chi connectivity index (χ1v) is 15.5. The van der Waals surface area contributed by atoms with Crippen molar-refractivity contribution >= 4 is 43.8 Å². The van der Waals surface area contributed by atoms with Crippen LogP contribution in [-0.4, -0.2) is 46.6 Å². The Morgan fingerprint density at radius 1 is 0.818 bits per heavy atom. The van der Waals surface area contributed by atoms with Crippen LogP contribution >= 0.6 is 0 Å². The molecule has 222 valence electrons. The third-order valence-electron chi connectivity index (χ3n) is 7.46. The van der Waals surface area contributed by atoms with Gasteiger partial charge in [-0.2, -0.15) is 0 Å². The van der Waals surface area contributed by atoms with Gasteiger partial charge in [-0.3, -0.25) is 10.2 Å². The number of para-hydroxylation sites is 2. The average Bonchev–Trinajstić information content (AvgIpc) is 3.63. The molecule has 0 spiro atoms. The zero-order valence-corrected chi connectivity index (χ0v) is 24.4. The van der Waals surface area contributed by atoms with E-state index in [0.29, 0.717) is 41.9 Å². The van der Waals surface area contributed by atoms with E-state index in [-0.39, 0.29) is 22.6 Å². The topological polar surface area (TPSA) is 196 Å². The summed E-state index contributed by atoms with van der Waals surface area (Å²) >= 11 is 0. The van der Waals surface area contributed by atoms with Crippen molar-refractivity contribution in [2.45, 2.75) is 23.7 Å². The number of carbonyl (C=O) groups excluding carboxylic acids is 1. The molecule has 6 rings (SSSR count). The van der Waals surface area contributed by atoms with Gasteiger partial charge in [-0.05, 0) is 78.6 Å². The van der Waals surface area contributed by atoms with Crippen LogP contribution in [0.25, 0.3) is 22.1 Å². The lowest BCUT2D eigenvalue weighted by Crippen LogP contribution is -2.25. The summed E-state index contributed by atoms with van der Waals surface area (Å²) in [5, 5.41) is 15.9. The Hall–Kier alpha value is -5.33. The average molecular weight is 607 g/mol. The SMILES string of the molecule is N=C(N)c1ccc2[nH]c(C(Cc3cccc(C(=O)NCCc4ccc(S(N)(=O)=O)cc4)c3)c3nc4ccccc4[nH]3)nc2c1. The summed E-state index contributed by atoms with van der Waals surface area (Å²) in [4.78, 5) is 29.7. The van der Waals surface area contributed by atoms with Gasteiger partial charge >= 0.3 is 0 Å². The van der Waals surface area contributed by atoms with Crippen molar-refractivity contribution in [2.75, 3.05) is 6.54 Å². The van der Waals surface area contributed by atoms with Gasteiger partial charge in [0, 0.05) is 17.7 Å². The van der Waals surface area contributed by atoms with Crippen molar-refractivity contribution < 1.29 is 13.2 Å². The van der Waals surface area contributed by atoms with Crippen LogP contribution in [-0.2, 0) is 22.9 Å². The second-order valence-corrected chi connectivity index (χ2v) is 12.1. The van der Waals surface area contributed by atoms with Crippen LogP contribution in [0.5, 0.6) is 0 Å². The Bertz CT molecular complexity index is 2080. The Morgan fingerprint density at radius 3 is 2.23 bits per heavy atom. The second kappa shape index (κ2) is 11.7. The van der Waals surface area contributed by atoms with E-state index in [1.807, 2.05) is 48.5 Å². The molecule has 2 heterocycles. The van der Waals surface area contributed by atoms with Crippen LogP contribution in [0.3, 0.4) is 0 Å². The molecule has 11 nitrogen and oxygen atoms in total. The summed E-state index contributed by atoms with van der Waals surface area (Å²) in [6.07, 6.45) is 1.04. The first-order valence-electron chi connectivity index (χ1n) is 13.9. The van der Waals surface area contributed by atoms with Gasteiger partial charge in [0.2, 0.25) is 10.0 Å². The van der Waals surface area contributed by atoms with Gasteiger partial charge in [0.25, 0.3) is 5.91 Å².